The van der Waals surface area contributed by atoms with Gasteiger partial charge in [0.15, 0.2) is 0 Å². The molecular weight excluding hydrogens is 212 g/mol. The van der Waals surface area contributed by atoms with Crippen molar-refractivity contribution < 1.29 is 4.43 Å². The molecule has 1 aliphatic carbocycles. The highest BCUT2D eigenvalue weighted by molar-refractivity contribution is 6.70. The quantitative estimate of drug-likeness (QED) is 0.492. The summed E-state index contributed by atoms with van der Waals surface area (Å²) in [6, 6.07) is 0. The average molecular weight is 236 g/mol. The minimum Gasteiger partial charge on any atom is -0.545 e. The first-order valence-electron chi connectivity index (χ1n) is 6.21. The summed E-state index contributed by atoms with van der Waals surface area (Å²) < 4.78 is 6.07. The lowest BCUT2D eigenvalue weighted by Gasteiger charge is -2.20. The van der Waals surface area contributed by atoms with E-state index in [0.29, 0.717) is 0 Å². The van der Waals surface area contributed by atoms with E-state index in [1.165, 1.54) is 18.4 Å². The van der Waals surface area contributed by atoms with Crippen molar-refractivity contribution in [3.8, 4) is 0 Å². The number of allylic oxidation sites excluding steroid dienone is 4. The van der Waals surface area contributed by atoms with E-state index in [4.69, 9.17) is 4.43 Å². The molecule has 0 aromatic carbocycles. The Kier molecular flexibility index (Phi) is 5.06. The predicted octanol–water partition coefficient (Wildman–Crippen LogP) is 4.80. The molecule has 0 aliphatic heterocycles. The van der Waals surface area contributed by atoms with Gasteiger partial charge in [-0.15, -0.1) is 6.58 Å². The van der Waals surface area contributed by atoms with Crippen LogP contribution in [0.4, 0.5) is 0 Å². The molecule has 1 rings (SSSR count). The Hall–Kier alpha value is -0.763. The van der Waals surface area contributed by atoms with Crippen molar-refractivity contribution in [1.82, 2.24) is 0 Å². The Morgan fingerprint density at radius 3 is 2.81 bits per heavy atom. The molecule has 0 saturated heterocycles. The number of rotatable bonds is 5. The van der Waals surface area contributed by atoms with Gasteiger partial charge in [0.1, 0.15) is 0 Å². The van der Waals surface area contributed by atoms with Gasteiger partial charge < -0.3 is 4.43 Å². The minimum absolute atomic E-state index is 1.08. The van der Waals surface area contributed by atoms with Crippen LogP contribution in [-0.4, -0.2) is 8.32 Å². The summed E-state index contributed by atoms with van der Waals surface area (Å²) in [5, 5.41) is 0. The van der Waals surface area contributed by atoms with Crippen molar-refractivity contribution >= 4 is 8.32 Å². The van der Waals surface area contributed by atoms with Gasteiger partial charge in [0.05, 0.1) is 5.76 Å². The van der Waals surface area contributed by atoms with Crippen molar-refractivity contribution in [2.45, 2.75) is 51.7 Å². The lowest BCUT2D eigenvalue weighted by atomic mass is 10.1. The highest BCUT2D eigenvalue weighted by atomic mass is 28.4. The van der Waals surface area contributed by atoms with Gasteiger partial charge in [0.2, 0.25) is 8.32 Å². The molecule has 1 aliphatic rings. The zero-order valence-corrected chi connectivity index (χ0v) is 11.9. The first kappa shape index (κ1) is 13.3. The second kappa shape index (κ2) is 6.09. The van der Waals surface area contributed by atoms with Crippen LogP contribution in [0.25, 0.3) is 0 Å². The molecular formula is C14H24OSi. The second-order valence-corrected chi connectivity index (χ2v) is 9.77. The standard InChI is InChI=1S/C14H24OSi/c1-5-6-9-13-10-7-8-11-14(12-13)15-16(2,3)4/h5,11-12H,1,6-10H2,2-4H3. The van der Waals surface area contributed by atoms with Crippen LogP contribution < -0.4 is 0 Å². The van der Waals surface area contributed by atoms with Gasteiger partial charge in [-0.05, 0) is 63.9 Å². The van der Waals surface area contributed by atoms with Crippen LogP contribution in [0.5, 0.6) is 0 Å². The van der Waals surface area contributed by atoms with Gasteiger partial charge in [0.25, 0.3) is 0 Å². The Morgan fingerprint density at radius 2 is 2.19 bits per heavy atom. The maximum Gasteiger partial charge on any atom is 0.242 e. The van der Waals surface area contributed by atoms with Gasteiger partial charge in [-0.3, -0.25) is 0 Å². The molecule has 0 heterocycles. The maximum atomic E-state index is 6.07. The minimum atomic E-state index is -1.46. The van der Waals surface area contributed by atoms with E-state index in [2.05, 4.69) is 38.4 Å². The fourth-order valence-corrected chi connectivity index (χ4v) is 2.66. The van der Waals surface area contributed by atoms with Gasteiger partial charge in [-0.25, -0.2) is 0 Å². The second-order valence-electron chi connectivity index (χ2n) is 5.34. The van der Waals surface area contributed by atoms with Gasteiger partial charge >= 0.3 is 0 Å². The smallest absolute Gasteiger partial charge is 0.242 e. The van der Waals surface area contributed by atoms with Gasteiger partial charge in [0, 0.05) is 0 Å². The molecule has 0 radical (unpaired) electrons. The Bertz CT molecular complexity index is 294. The SMILES string of the molecule is C=CCCC1=CC(O[Si](C)(C)C)=CCCC1. The zero-order valence-electron chi connectivity index (χ0n) is 10.9. The summed E-state index contributed by atoms with van der Waals surface area (Å²) in [5.41, 5.74) is 1.52. The molecule has 0 amide bonds. The van der Waals surface area contributed by atoms with Crippen LogP contribution in [0.2, 0.25) is 19.6 Å². The number of hydrogen-bond donors (Lipinski definition) is 0. The van der Waals surface area contributed by atoms with Crippen LogP contribution >= 0.6 is 0 Å². The number of hydrogen-bond acceptors (Lipinski definition) is 1. The van der Waals surface area contributed by atoms with Crippen LogP contribution in [0.3, 0.4) is 0 Å². The lowest BCUT2D eigenvalue weighted by Crippen LogP contribution is -2.24. The molecule has 1 nitrogen and oxygen atoms in total. The monoisotopic (exact) mass is 236 g/mol. The average Bonchev–Trinajstić information content (AvgIpc) is 2.37. The van der Waals surface area contributed by atoms with E-state index in [1.807, 2.05) is 6.08 Å². The Balaban J connectivity index is 2.66. The highest BCUT2D eigenvalue weighted by Gasteiger charge is 2.17. The molecule has 0 atom stereocenters. The van der Waals surface area contributed by atoms with Crippen molar-refractivity contribution in [2.24, 2.45) is 0 Å². The third kappa shape index (κ3) is 5.36. The van der Waals surface area contributed by atoms with E-state index in [0.717, 1.165) is 25.0 Å². The van der Waals surface area contributed by atoms with Gasteiger partial charge in [-0.1, -0.05) is 11.6 Å². The normalized spacial score (nSPS) is 17.2. The van der Waals surface area contributed by atoms with Gasteiger partial charge in [-0.2, -0.15) is 0 Å². The molecule has 0 N–H and O–H groups in total. The van der Waals surface area contributed by atoms with E-state index in [1.54, 1.807) is 0 Å². The molecule has 0 saturated carbocycles. The molecule has 0 aromatic heterocycles. The largest absolute Gasteiger partial charge is 0.545 e. The third-order valence-electron chi connectivity index (χ3n) is 2.49. The highest BCUT2D eigenvalue weighted by Crippen LogP contribution is 2.23. The fourth-order valence-electron chi connectivity index (χ4n) is 1.82. The summed E-state index contributed by atoms with van der Waals surface area (Å²) in [6.07, 6.45) is 12.3. The van der Waals surface area contributed by atoms with E-state index < -0.39 is 8.32 Å². The molecule has 0 unspecified atom stereocenters. The first-order valence-corrected chi connectivity index (χ1v) is 9.61. The Labute approximate surface area is 101 Å². The molecule has 16 heavy (non-hydrogen) atoms. The summed E-state index contributed by atoms with van der Waals surface area (Å²) in [5.74, 6) is 1.11. The topological polar surface area (TPSA) is 9.23 Å². The lowest BCUT2D eigenvalue weighted by molar-refractivity contribution is 0.438. The Morgan fingerprint density at radius 1 is 1.44 bits per heavy atom. The summed E-state index contributed by atoms with van der Waals surface area (Å²) in [4.78, 5) is 0. The predicted molar refractivity (Wildman–Crippen MR) is 73.9 cm³/mol. The van der Waals surface area contributed by atoms with Crippen LogP contribution in [0.15, 0.2) is 36.1 Å². The fraction of sp³-hybridized carbons (Fsp3) is 0.571. The molecule has 90 valence electrons. The summed E-state index contributed by atoms with van der Waals surface area (Å²) in [6.45, 7) is 10.5. The van der Waals surface area contributed by atoms with Crippen LogP contribution in [-0.2, 0) is 4.43 Å². The molecule has 0 bridgehead atoms. The van der Waals surface area contributed by atoms with Crippen molar-refractivity contribution in [3.63, 3.8) is 0 Å². The van der Waals surface area contributed by atoms with Crippen molar-refractivity contribution in [3.05, 3.63) is 36.1 Å². The molecule has 0 fully saturated rings. The molecule has 0 aromatic rings. The third-order valence-corrected chi connectivity index (χ3v) is 3.34. The van der Waals surface area contributed by atoms with E-state index in [9.17, 15) is 0 Å². The van der Waals surface area contributed by atoms with E-state index in [-0.39, 0.29) is 0 Å². The maximum absolute atomic E-state index is 6.07. The summed E-state index contributed by atoms with van der Waals surface area (Å²) >= 11 is 0. The van der Waals surface area contributed by atoms with Crippen molar-refractivity contribution in [1.29, 1.82) is 0 Å². The van der Waals surface area contributed by atoms with Crippen molar-refractivity contribution in [2.75, 3.05) is 0 Å². The molecule has 2 heteroatoms. The zero-order chi connectivity index (χ0) is 12.0. The van der Waals surface area contributed by atoms with E-state index >= 15 is 0 Å². The van der Waals surface area contributed by atoms with Crippen LogP contribution in [0.1, 0.15) is 32.1 Å². The first-order chi connectivity index (χ1) is 7.51. The van der Waals surface area contributed by atoms with Crippen LogP contribution in [0, 0.1) is 0 Å². The molecule has 0 spiro atoms. The summed E-state index contributed by atoms with van der Waals surface area (Å²) in [7, 11) is -1.46.